The summed E-state index contributed by atoms with van der Waals surface area (Å²) in [7, 11) is 0. The Morgan fingerprint density at radius 2 is 2.09 bits per heavy atom. The first kappa shape index (κ1) is 14.9. The number of nitrogens with zero attached hydrogens (tertiary/aromatic N) is 3. The summed E-state index contributed by atoms with van der Waals surface area (Å²) in [5.74, 6) is 1.23. The maximum Gasteiger partial charge on any atom is 0.263 e. The van der Waals surface area contributed by atoms with Crippen LogP contribution in [0.25, 0.3) is 0 Å². The Bertz CT molecular complexity index is 639. The van der Waals surface area contributed by atoms with Gasteiger partial charge in [-0.1, -0.05) is 6.42 Å². The van der Waals surface area contributed by atoms with Gasteiger partial charge in [-0.2, -0.15) is 0 Å². The van der Waals surface area contributed by atoms with E-state index in [0.717, 1.165) is 25.6 Å². The normalized spacial score (nSPS) is 28.4. The molecule has 6 nitrogen and oxygen atoms in total. The maximum absolute atomic E-state index is 12.7. The molecule has 3 saturated heterocycles. The third kappa shape index (κ3) is 2.92. The number of carbonyl (C=O) groups is 1. The van der Waals surface area contributed by atoms with Crippen LogP contribution in [-0.4, -0.2) is 57.9 Å². The zero-order chi connectivity index (χ0) is 15.8. The van der Waals surface area contributed by atoms with Crippen molar-refractivity contribution in [3.05, 3.63) is 28.4 Å². The molecule has 5 rings (SSSR count). The number of nitrogens with one attached hydrogen (secondary N) is 1. The lowest BCUT2D eigenvalue weighted by molar-refractivity contribution is 0.0715. The fraction of sp³-hybridized carbons (Fsp3) is 0.706. The van der Waals surface area contributed by atoms with Crippen LogP contribution in [0.4, 0.5) is 0 Å². The number of hydrogen-bond donors (Lipinski definition) is 1. The van der Waals surface area contributed by atoms with Gasteiger partial charge in [0.15, 0.2) is 0 Å². The van der Waals surface area contributed by atoms with E-state index in [1.54, 1.807) is 0 Å². The van der Waals surface area contributed by atoms with Crippen LogP contribution < -0.4 is 5.56 Å². The second-order valence-electron chi connectivity index (χ2n) is 7.35. The standard InChI is InChI=1S/C17H24N4O2/c22-16-15(6-18-11-19-16)17(23)21-9-13-4-5-14(10-21)20(8-13)7-12-2-1-3-12/h6,11-14H,1-5,7-10H2,(H,18,19,22)/t13-,14-/m1/s1. The molecule has 4 heterocycles. The highest BCUT2D eigenvalue weighted by Crippen LogP contribution is 2.33. The first-order valence-electron chi connectivity index (χ1n) is 8.76. The first-order chi connectivity index (χ1) is 11.2. The summed E-state index contributed by atoms with van der Waals surface area (Å²) in [5.41, 5.74) is -0.174. The highest BCUT2D eigenvalue weighted by atomic mass is 16.2. The van der Waals surface area contributed by atoms with Gasteiger partial charge in [-0.25, -0.2) is 4.98 Å². The van der Waals surface area contributed by atoms with Gasteiger partial charge < -0.3 is 9.88 Å². The van der Waals surface area contributed by atoms with Gasteiger partial charge in [0.05, 0.1) is 6.33 Å². The smallest absolute Gasteiger partial charge is 0.263 e. The Labute approximate surface area is 135 Å². The van der Waals surface area contributed by atoms with Crippen LogP contribution in [0.2, 0.25) is 0 Å². The van der Waals surface area contributed by atoms with Crippen LogP contribution in [0.5, 0.6) is 0 Å². The molecule has 23 heavy (non-hydrogen) atoms. The molecule has 1 saturated carbocycles. The van der Waals surface area contributed by atoms with E-state index in [2.05, 4.69) is 14.9 Å². The highest BCUT2D eigenvalue weighted by molar-refractivity contribution is 5.93. The van der Waals surface area contributed by atoms with Crippen molar-refractivity contribution in [2.45, 2.75) is 38.1 Å². The minimum atomic E-state index is -0.340. The molecule has 1 amide bonds. The van der Waals surface area contributed by atoms with E-state index in [1.165, 1.54) is 51.2 Å². The molecule has 2 atom stereocenters. The zero-order valence-electron chi connectivity index (χ0n) is 13.4. The highest BCUT2D eigenvalue weighted by Gasteiger charge is 2.38. The lowest BCUT2D eigenvalue weighted by Gasteiger charge is -2.40. The second-order valence-corrected chi connectivity index (χ2v) is 7.35. The van der Waals surface area contributed by atoms with Gasteiger partial charge in [-0.3, -0.25) is 14.5 Å². The van der Waals surface area contributed by atoms with E-state index in [9.17, 15) is 9.59 Å². The molecular formula is C17H24N4O2. The lowest BCUT2D eigenvalue weighted by atomic mass is 9.83. The minimum Gasteiger partial charge on any atom is -0.337 e. The van der Waals surface area contributed by atoms with E-state index in [0.29, 0.717) is 12.0 Å². The maximum atomic E-state index is 12.7. The van der Waals surface area contributed by atoms with Gasteiger partial charge in [0, 0.05) is 38.4 Å². The first-order valence-corrected chi connectivity index (χ1v) is 8.76. The molecule has 1 aliphatic carbocycles. The number of fused-ring (bicyclic) bond motifs is 4. The molecule has 4 aliphatic rings. The fourth-order valence-electron chi connectivity index (χ4n) is 4.24. The van der Waals surface area contributed by atoms with Gasteiger partial charge in [-0.15, -0.1) is 0 Å². The largest absolute Gasteiger partial charge is 0.337 e. The number of rotatable bonds is 3. The topological polar surface area (TPSA) is 69.3 Å². The summed E-state index contributed by atoms with van der Waals surface area (Å²) < 4.78 is 0. The molecule has 0 spiro atoms. The molecule has 1 aromatic rings. The van der Waals surface area contributed by atoms with Crippen molar-refractivity contribution in [2.75, 3.05) is 26.2 Å². The van der Waals surface area contributed by atoms with Gasteiger partial charge in [0.1, 0.15) is 5.56 Å². The zero-order valence-corrected chi connectivity index (χ0v) is 13.4. The Morgan fingerprint density at radius 3 is 2.83 bits per heavy atom. The molecule has 0 radical (unpaired) electrons. The van der Waals surface area contributed by atoms with Gasteiger partial charge in [0.2, 0.25) is 0 Å². The predicted molar refractivity (Wildman–Crippen MR) is 86.2 cm³/mol. The van der Waals surface area contributed by atoms with Crippen LogP contribution >= 0.6 is 0 Å². The average molecular weight is 316 g/mol. The Kier molecular flexibility index (Phi) is 3.93. The average Bonchev–Trinajstić information content (AvgIpc) is 2.82. The van der Waals surface area contributed by atoms with E-state index < -0.39 is 0 Å². The van der Waals surface area contributed by atoms with Crippen LogP contribution in [0.3, 0.4) is 0 Å². The second kappa shape index (κ2) is 6.07. The van der Waals surface area contributed by atoms with Crippen molar-refractivity contribution in [1.82, 2.24) is 19.8 Å². The minimum absolute atomic E-state index is 0.165. The number of hydrogen-bond acceptors (Lipinski definition) is 4. The van der Waals surface area contributed by atoms with Gasteiger partial charge in [-0.05, 0) is 37.5 Å². The number of aromatic amines is 1. The summed E-state index contributed by atoms with van der Waals surface area (Å²) >= 11 is 0. The summed E-state index contributed by atoms with van der Waals surface area (Å²) in [6.45, 7) is 3.81. The van der Waals surface area contributed by atoms with Crippen LogP contribution in [0.15, 0.2) is 17.3 Å². The van der Waals surface area contributed by atoms with E-state index in [-0.39, 0.29) is 17.0 Å². The third-order valence-corrected chi connectivity index (χ3v) is 5.78. The van der Waals surface area contributed by atoms with Crippen LogP contribution in [0.1, 0.15) is 42.5 Å². The molecule has 0 aromatic carbocycles. The summed E-state index contributed by atoms with van der Waals surface area (Å²) in [4.78, 5) is 35.5. The molecule has 4 fully saturated rings. The number of carbonyl (C=O) groups excluding carboxylic acids is 1. The molecule has 1 N–H and O–H groups in total. The predicted octanol–water partition coefficient (Wildman–Crippen LogP) is 1.11. The molecule has 6 heteroatoms. The van der Waals surface area contributed by atoms with Gasteiger partial charge >= 0.3 is 0 Å². The third-order valence-electron chi connectivity index (χ3n) is 5.78. The lowest BCUT2D eigenvalue weighted by Crippen LogP contribution is -2.47. The van der Waals surface area contributed by atoms with Crippen molar-refractivity contribution in [3.63, 3.8) is 0 Å². The van der Waals surface area contributed by atoms with Crippen molar-refractivity contribution >= 4 is 5.91 Å². The Hall–Kier alpha value is -1.69. The monoisotopic (exact) mass is 316 g/mol. The number of H-pyrrole nitrogens is 1. The van der Waals surface area contributed by atoms with E-state index >= 15 is 0 Å². The van der Waals surface area contributed by atoms with E-state index in [4.69, 9.17) is 0 Å². The van der Waals surface area contributed by atoms with Crippen LogP contribution in [-0.2, 0) is 0 Å². The summed E-state index contributed by atoms with van der Waals surface area (Å²) in [6.07, 6.45) is 9.18. The molecule has 124 valence electrons. The van der Waals surface area contributed by atoms with E-state index in [1.807, 2.05) is 4.90 Å². The van der Waals surface area contributed by atoms with Crippen molar-refractivity contribution in [3.8, 4) is 0 Å². The van der Waals surface area contributed by atoms with Crippen molar-refractivity contribution in [2.24, 2.45) is 11.8 Å². The summed E-state index contributed by atoms with van der Waals surface area (Å²) in [5, 5.41) is 0. The molecule has 2 bridgehead atoms. The molecular weight excluding hydrogens is 292 g/mol. The quantitative estimate of drug-likeness (QED) is 0.907. The number of amides is 1. The van der Waals surface area contributed by atoms with Crippen molar-refractivity contribution in [1.29, 1.82) is 0 Å². The Morgan fingerprint density at radius 1 is 1.22 bits per heavy atom. The number of piperidine rings is 1. The number of aromatic nitrogens is 2. The Balaban J connectivity index is 1.50. The SMILES string of the molecule is O=C(c1cnc[nH]c1=O)N1C[C@@H]2CC[C@H](C1)N(CC1CCC1)C2. The fourth-order valence-corrected chi connectivity index (χ4v) is 4.24. The molecule has 3 aliphatic heterocycles. The molecule has 1 aromatic heterocycles. The molecule has 0 unspecified atom stereocenters. The van der Waals surface area contributed by atoms with Gasteiger partial charge in [0.25, 0.3) is 11.5 Å². The van der Waals surface area contributed by atoms with Crippen LogP contribution in [0, 0.1) is 11.8 Å². The van der Waals surface area contributed by atoms with Crippen molar-refractivity contribution < 1.29 is 4.79 Å². The summed E-state index contributed by atoms with van der Waals surface area (Å²) in [6, 6.07) is 0.453.